The lowest BCUT2D eigenvalue weighted by atomic mass is 9.96. The molecule has 2 aliphatic rings. The van der Waals surface area contributed by atoms with Gasteiger partial charge in [0.2, 0.25) is 0 Å². The Balaban J connectivity index is 1.55. The van der Waals surface area contributed by atoms with Crippen LogP contribution in [0.3, 0.4) is 0 Å². The minimum atomic E-state index is -1.05. The largest absolute Gasteiger partial charge is 0.386 e. The molecule has 0 spiro atoms. The lowest BCUT2D eigenvalue weighted by Gasteiger charge is -2.21. The van der Waals surface area contributed by atoms with Crippen molar-refractivity contribution >= 4 is 46.5 Å². The summed E-state index contributed by atoms with van der Waals surface area (Å²) in [5.74, 6) is -1.51. The summed E-state index contributed by atoms with van der Waals surface area (Å²) < 4.78 is 27.5. The average Bonchev–Trinajstić information content (AvgIpc) is 3.27. The van der Waals surface area contributed by atoms with E-state index in [1.54, 1.807) is 0 Å². The summed E-state index contributed by atoms with van der Waals surface area (Å²) in [7, 11) is 0. The third kappa shape index (κ3) is 3.70. The minimum absolute atomic E-state index is 0.0797. The first kappa shape index (κ1) is 21.6. The number of amides is 3. The lowest BCUT2D eigenvalue weighted by Crippen LogP contribution is -2.34. The number of carbonyl (C=O) groups excluding carboxylic acids is 2. The summed E-state index contributed by atoms with van der Waals surface area (Å²) in [5.41, 5.74) is 1.79. The molecule has 6 nitrogen and oxygen atoms in total. The van der Waals surface area contributed by atoms with Crippen LogP contribution in [0.1, 0.15) is 39.2 Å². The molecule has 0 saturated carbocycles. The first-order chi connectivity index (χ1) is 15.7. The van der Waals surface area contributed by atoms with Gasteiger partial charge in [0.15, 0.2) is 0 Å². The number of benzene rings is 3. The van der Waals surface area contributed by atoms with E-state index in [0.717, 1.165) is 0 Å². The minimum Gasteiger partial charge on any atom is -0.386 e. The second-order valence-corrected chi connectivity index (χ2v) is 8.59. The van der Waals surface area contributed by atoms with Gasteiger partial charge in [0, 0.05) is 32.3 Å². The summed E-state index contributed by atoms with van der Waals surface area (Å²) in [6, 6.07) is 9.05. The fourth-order valence-corrected chi connectivity index (χ4v) is 4.70. The maximum atomic E-state index is 13.9. The highest BCUT2D eigenvalue weighted by Gasteiger charge is 2.36. The van der Waals surface area contributed by atoms with Gasteiger partial charge in [-0.3, -0.25) is 9.69 Å². The molecule has 0 radical (unpaired) electrons. The van der Waals surface area contributed by atoms with Crippen LogP contribution >= 0.6 is 23.2 Å². The zero-order chi connectivity index (χ0) is 23.4. The molecule has 0 aliphatic carbocycles. The van der Waals surface area contributed by atoms with E-state index >= 15 is 0 Å². The van der Waals surface area contributed by atoms with E-state index in [9.17, 15) is 23.5 Å². The van der Waals surface area contributed by atoms with Gasteiger partial charge in [-0.25, -0.2) is 13.6 Å². The van der Waals surface area contributed by atoms with Crippen molar-refractivity contribution in [2.75, 3.05) is 16.8 Å². The molecule has 3 aromatic carbocycles. The molecular formula is C23H15Cl2F2N3O3. The van der Waals surface area contributed by atoms with Gasteiger partial charge in [0.05, 0.1) is 30.1 Å². The summed E-state index contributed by atoms with van der Waals surface area (Å²) in [5, 5.41) is 16.2. The molecule has 5 rings (SSSR count). The maximum Gasteiger partial charge on any atom is 0.326 e. The number of nitrogens with zero attached hydrogens (tertiary/aromatic N) is 1. The van der Waals surface area contributed by atoms with Crippen molar-refractivity contribution in [3.05, 3.63) is 92.5 Å². The second kappa shape index (κ2) is 7.98. The number of halogens is 4. The second-order valence-electron chi connectivity index (χ2n) is 7.75. The predicted molar refractivity (Wildman–Crippen MR) is 120 cm³/mol. The van der Waals surface area contributed by atoms with Crippen molar-refractivity contribution in [1.29, 1.82) is 0 Å². The smallest absolute Gasteiger partial charge is 0.326 e. The van der Waals surface area contributed by atoms with Gasteiger partial charge >= 0.3 is 6.03 Å². The Morgan fingerprint density at radius 2 is 1.76 bits per heavy atom. The number of aliphatic hydroxyl groups is 1. The van der Waals surface area contributed by atoms with E-state index in [-0.39, 0.29) is 27.8 Å². The molecule has 0 unspecified atom stereocenters. The molecule has 3 aromatic rings. The number of hydrogen-bond acceptors (Lipinski definition) is 3. The Morgan fingerprint density at radius 3 is 2.52 bits per heavy atom. The molecule has 10 heteroatoms. The van der Waals surface area contributed by atoms with Crippen LogP contribution in [-0.2, 0) is 0 Å². The maximum absolute atomic E-state index is 13.9. The zero-order valence-corrected chi connectivity index (χ0v) is 18.2. The van der Waals surface area contributed by atoms with Crippen molar-refractivity contribution in [2.45, 2.75) is 12.1 Å². The van der Waals surface area contributed by atoms with Gasteiger partial charge < -0.3 is 15.7 Å². The molecule has 2 aliphatic heterocycles. The number of urea groups is 1. The summed E-state index contributed by atoms with van der Waals surface area (Å²) in [6.07, 6.45) is -1.05. The molecule has 2 atom stereocenters. The number of carbonyl (C=O) groups is 2. The normalized spacial score (nSPS) is 18.7. The monoisotopic (exact) mass is 489 g/mol. The van der Waals surface area contributed by atoms with Gasteiger partial charge in [-0.2, -0.15) is 0 Å². The van der Waals surface area contributed by atoms with E-state index in [1.807, 2.05) is 0 Å². The molecule has 0 bridgehead atoms. The number of β-amino-alcohol motifs (C(OH)–C–C–N with tert-alkyl or cyclic N) is 1. The summed E-state index contributed by atoms with van der Waals surface area (Å²) in [6.45, 7) is -0.0797. The SMILES string of the molecule is O=C1N[C@@H](c2cc(F)ccc2Cl)c2c(NC(=O)N3C[C@H](O)c4cc(F)ccc43)cc(Cl)cc21. The van der Waals surface area contributed by atoms with Crippen molar-refractivity contribution in [2.24, 2.45) is 0 Å². The molecule has 3 N–H and O–H groups in total. The van der Waals surface area contributed by atoms with Gasteiger partial charge in [-0.15, -0.1) is 0 Å². The summed E-state index contributed by atoms with van der Waals surface area (Å²) >= 11 is 12.5. The van der Waals surface area contributed by atoms with Crippen LogP contribution in [0.4, 0.5) is 25.0 Å². The topological polar surface area (TPSA) is 81.7 Å². The van der Waals surface area contributed by atoms with Crippen LogP contribution in [0.2, 0.25) is 10.0 Å². The fraction of sp³-hybridized carbons (Fsp3) is 0.130. The molecule has 0 aromatic heterocycles. The molecule has 168 valence electrons. The Kier molecular flexibility index (Phi) is 5.23. The fourth-order valence-electron chi connectivity index (χ4n) is 4.25. The van der Waals surface area contributed by atoms with Gasteiger partial charge in [0.25, 0.3) is 5.91 Å². The Labute approximate surface area is 196 Å². The molecular weight excluding hydrogens is 475 g/mol. The highest BCUT2D eigenvalue weighted by Crippen LogP contribution is 2.41. The third-order valence-corrected chi connectivity index (χ3v) is 6.27. The first-order valence-electron chi connectivity index (χ1n) is 9.88. The number of anilines is 2. The third-order valence-electron chi connectivity index (χ3n) is 5.70. The van der Waals surface area contributed by atoms with E-state index in [2.05, 4.69) is 10.6 Å². The Bertz CT molecular complexity index is 1330. The lowest BCUT2D eigenvalue weighted by molar-refractivity contribution is 0.0960. The molecule has 3 amide bonds. The average molecular weight is 490 g/mol. The standard InChI is InChI=1S/C23H15Cl2F2N3O3/c24-10-5-15-20(21(29-22(15)32)13-7-11(26)1-3-16(13)25)17(6-10)28-23(33)30-9-19(31)14-8-12(27)2-4-18(14)30/h1-8,19,21,31H,9H2,(H,28,33)(H,29,32)/t19-,21-/m0/s1. The van der Waals surface area contributed by atoms with Gasteiger partial charge in [-0.1, -0.05) is 23.2 Å². The van der Waals surface area contributed by atoms with Crippen LogP contribution in [-0.4, -0.2) is 23.6 Å². The van der Waals surface area contributed by atoms with E-state index in [1.165, 1.54) is 53.4 Å². The van der Waals surface area contributed by atoms with Gasteiger partial charge in [0.1, 0.15) is 11.6 Å². The van der Waals surface area contributed by atoms with Crippen LogP contribution < -0.4 is 15.5 Å². The number of nitrogens with one attached hydrogen (secondary N) is 2. The van der Waals surface area contributed by atoms with Crippen LogP contribution in [0, 0.1) is 11.6 Å². The molecule has 2 heterocycles. The van der Waals surface area contributed by atoms with Crippen LogP contribution in [0.15, 0.2) is 48.5 Å². The first-order valence-corrected chi connectivity index (χ1v) is 10.6. The highest BCUT2D eigenvalue weighted by atomic mass is 35.5. The summed E-state index contributed by atoms with van der Waals surface area (Å²) in [4.78, 5) is 27.0. The molecule has 0 saturated heterocycles. The molecule has 0 fully saturated rings. The number of fused-ring (bicyclic) bond motifs is 2. The van der Waals surface area contributed by atoms with Crippen molar-refractivity contribution in [1.82, 2.24) is 5.32 Å². The zero-order valence-electron chi connectivity index (χ0n) is 16.7. The van der Waals surface area contributed by atoms with Crippen LogP contribution in [0.5, 0.6) is 0 Å². The van der Waals surface area contributed by atoms with E-state index in [4.69, 9.17) is 23.2 Å². The number of hydrogen-bond donors (Lipinski definition) is 3. The van der Waals surface area contributed by atoms with E-state index in [0.29, 0.717) is 22.4 Å². The predicted octanol–water partition coefficient (Wildman–Crippen LogP) is 5.19. The number of rotatable bonds is 2. The Hall–Kier alpha value is -3.20. The number of aliphatic hydroxyl groups excluding tert-OH is 1. The van der Waals surface area contributed by atoms with E-state index < -0.39 is 35.7 Å². The van der Waals surface area contributed by atoms with Crippen molar-refractivity contribution in [3.8, 4) is 0 Å². The quantitative estimate of drug-likeness (QED) is 0.463. The van der Waals surface area contributed by atoms with Crippen molar-refractivity contribution in [3.63, 3.8) is 0 Å². The highest BCUT2D eigenvalue weighted by molar-refractivity contribution is 6.32. The van der Waals surface area contributed by atoms with Crippen LogP contribution in [0.25, 0.3) is 0 Å². The van der Waals surface area contributed by atoms with Crippen molar-refractivity contribution < 1.29 is 23.5 Å². The molecule has 33 heavy (non-hydrogen) atoms. The van der Waals surface area contributed by atoms with Gasteiger partial charge in [-0.05, 0) is 48.5 Å². The Morgan fingerprint density at radius 1 is 1.06 bits per heavy atom.